The highest BCUT2D eigenvalue weighted by molar-refractivity contribution is 6.33. The van der Waals surface area contributed by atoms with Crippen molar-refractivity contribution in [3.8, 4) is 0 Å². The van der Waals surface area contributed by atoms with Crippen LogP contribution in [0.15, 0.2) is 41.4 Å². The number of aryl methyl sites for hydroxylation is 2. The fraction of sp³-hybridized carbons (Fsp3) is 0.375. The number of hydrogen-bond donors (Lipinski definition) is 0. The highest BCUT2D eigenvalue weighted by atomic mass is 35.5. The highest BCUT2D eigenvalue weighted by Gasteiger charge is 2.31. The molecule has 142 valence electrons. The van der Waals surface area contributed by atoms with Crippen molar-refractivity contribution >= 4 is 34.8 Å². The normalized spacial score (nSPS) is 15.8. The summed E-state index contributed by atoms with van der Waals surface area (Å²) < 4.78 is 0. The van der Waals surface area contributed by atoms with Gasteiger partial charge in [0, 0.05) is 29.6 Å². The minimum Gasteiger partial charge on any atom is -0.362 e. The molecule has 0 N–H and O–H groups in total. The molecule has 0 saturated heterocycles. The fourth-order valence-corrected chi connectivity index (χ4v) is 4.14. The number of nitrogens with zero attached hydrogens (tertiary/aromatic N) is 2. The average Bonchev–Trinajstić information content (AvgIpc) is 2.58. The van der Waals surface area contributed by atoms with E-state index in [1.54, 1.807) is 0 Å². The molecule has 2 nitrogen and oxygen atoms in total. The summed E-state index contributed by atoms with van der Waals surface area (Å²) in [6.45, 7) is 14.1. The van der Waals surface area contributed by atoms with E-state index in [0.29, 0.717) is 0 Å². The minimum absolute atomic E-state index is 0.00889. The third kappa shape index (κ3) is 3.96. The first-order valence-corrected chi connectivity index (χ1v) is 10.0. The first-order chi connectivity index (χ1) is 12.7. The molecule has 1 aliphatic rings. The Labute approximate surface area is 168 Å². The molecule has 0 unspecified atom stereocenters. The summed E-state index contributed by atoms with van der Waals surface area (Å²) in [5, 5.41) is 0.744. The van der Waals surface area contributed by atoms with Gasteiger partial charge in [-0.1, -0.05) is 42.3 Å². The maximum absolute atomic E-state index is 6.66. The van der Waals surface area contributed by atoms with Gasteiger partial charge in [0.15, 0.2) is 0 Å². The standard InChI is InChI=1S/C24H29ClN2/c1-7-10-27-23-13-21(25)19(12-20(23)18(4)14-24(27,5)6)15-26-22-9-8-16(2)11-17(22)3/h8-9,11-15H,7,10H2,1-6H3. The number of anilines is 1. The van der Waals surface area contributed by atoms with E-state index in [1.807, 2.05) is 6.21 Å². The van der Waals surface area contributed by atoms with E-state index in [4.69, 9.17) is 16.6 Å². The third-order valence-electron chi connectivity index (χ3n) is 5.24. The van der Waals surface area contributed by atoms with Crippen molar-refractivity contribution in [2.75, 3.05) is 11.4 Å². The summed E-state index contributed by atoms with van der Waals surface area (Å²) in [6.07, 6.45) is 5.34. The Hall–Kier alpha value is -2.06. The van der Waals surface area contributed by atoms with Gasteiger partial charge in [0.1, 0.15) is 0 Å². The predicted molar refractivity (Wildman–Crippen MR) is 120 cm³/mol. The van der Waals surface area contributed by atoms with Crippen LogP contribution in [0.4, 0.5) is 11.4 Å². The molecule has 0 fully saturated rings. The van der Waals surface area contributed by atoms with Gasteiger partial charge in [0.25, 0.3) is 0 Å². The third-order valence-corrected chi connectivity index (χ3v) is 5.57. The molecule has 0 saturated carbocycles. The van der Waals surface area contributed by atoms with Gasteiger partial charge in [-0.25, -0.2) is 0 Å². The zero-order valence-electron chi connectivity index (χ0n) is 17.2. The molecule has 3 heteroatoms. The highest BCUT2D eigenvalue weighted by Crippen LogP contribution is 2.41. The Morgan fingerprint density at radius 2 is 1.85 bits per heavy atom. The molecule has 0 atom stereocenters. The Bertz CT molecular complexity index is 922. The van der Waals surface area contributed by atoms with Crippen molar-refractivity contribution in [2.45, 2.75) is 53.5 Å². The summed E-state index contributed by atoms with van der Waals surface area (Å²) in [5.74, 6) is 0. The topological polar surface area (TPSA) is 15.6 Å². The van der Waals surface area contributed by atoms with Crippen LogP contribution in [-0.4, -0.2) is 18.3 Å². The molecule has 1 heterocycles. The zero-order chi connectivity index (χ0) is 19.8. The average molecular weight is 381 g/mol. The maximum atomic E-state index is 6.66. The monoisotopic (exact) mass is 380 g/mol. The van der Waals surface area contributed by atoms with Gasteiger partial charge in [0.05, 0.1) is 16.2 Å². The molecule has 0 spiro atoms. The molecule has 0 bridgehead atoms. The maximum Gasteiger partial charge on any atom is 0.0659 e. The number of hydrogen-bond acceptors (Lipinski definition) is 2. The second-order valence-electron chi connectivity index (χ2n) is 8.07. The van der Waals surface area contributed by atoms with E-state index in [2.05, 4.69) is 82.9 Å². The number of rotatable bonds is 4. The molecule has 2 aromatic rings. The SMILES string of the molecule is CCCN1c2cc(Cl)c(C=Nc3ccc(C)cc3C)cc2C(C)=CC1(C)C. The van der Waals surface area contributed by atoms with E-state index in [-0.39, 0.29) is 5.54 Å². The van der Waals surface area contributed by atoms with Gasteiger partial charge in [-0.15, -0.1) is 0 Å². The summed E-state index contributed by atoms with van der Waals surface area (Å²) in [6, 6.07) is 10.6. The summed E-state index contributed by atoms with van der Waals surface area (Å²) in [4.78, 5) is 7.14. The van der Waals surface area contributed by atoms with Gasteiger partial charge < -0.3 is 4.90 Å². The smallest absolute Gasteiger partial charge is 0.0659 e. The van der Waals surface area contributed by atoms with Gasteiger partial charge in [-0.2, -0.15) is 0 Å². The first-order valence-electron chi connectivity index (χ1n) is 9.65. The predicted octanol–water partition coefficient (Wildman–Crippen LogP) is 7.12. The summed E-state index contributed by atoms with van der Waals surface area (Å²) in [7, 11) is 0. The van der Waals surface area contributed by atoms with Crippen molar-refractivity contribution in [1.29, 1.82) is 0 Å². The zero-order valence-corrected chi connectivity index (χ0v) is 18.0. The summed E-state index contributed by atoms with van der Waals surface area (Å²) >= 11 is 6.66. The minimum atomic E-state index is -0.00889. The van der Waals surface area contributed by atoms with Crippen LogP contribution >= 0.6 is 11.6 Å². The quantitative estimate of drug-likeness (QED) is 0.515. The Morgan fingerprint density at radius 3 is 2.52 bits per heavy atom. The second kappa shape index (κ2) is 7.52. The van der Waals surface area contributed by atoms with Crippen LogP contribution in [0.2, 0.25) is 5.02 Å². The molecule has 1 aliphatic heterocycles. The molecule has 0 amide bonds. The lowest BCUT2D eigenvalue weighted by molar-refractivity contribution is 0.550. The van der Waals surface area contributed by atoms with E-state index in [0.717, 1.165) is 29.2 Å². The number of benzene rings is 2. The van der Waals surface area contributed by atoms with Crippen LogP contribution < -0.4 is 4.90 Å². The molecular formula is C24H29ClN2. The molecule has 27 heavy (non-hydrogen) atoms. The van der Waals surface area contributed by atoms with Gasteiger partial charge in [-0.05, 0) is 70.4 Å². The molecular weight excluding hydrogens is 352 g/mol. The molecule has 0 aromatic heterocycles. The summed E-state index contributed by atoms with van der Waals surface area (Å²) in [5.41, 5.74) is 8.11. The fourth-order valence-electron chi connectivity index (χ4n) is 3.94. The van der Waals surface area contributed by atoms with Crippen LogP contribution in [0.1, 0.15) is 56.4 Å². The molecule has 2 aromatic carbocycles. The van der Waals surface area contributed by atoms with Crippen LogP contribution in [0.3, 0.4) is 0 Å². The van der Waals surface area contributed by atoms with Crippen molar-refractivity contribution in [2.24, 2.45) is 4.99 Å². The van der Waals surface area contributed by atoms with E-state index in [1.165, 1.54) is 28.0 Å². The van der Waals surface area contributed by atoms with Crippen LogP contribution in [0, 0.1) is 13.8 Å². The van der Waals surface area contributed by atoms with E-state index < -0.39 is 0 Å². The first kappa shape index (κ1) is 19.7. The van der Waals surface area contributed by atoms with E-state index >= 15 is 0 Å². The molecule has 0 radical (unpaired) electrons. The Kier molecular flexibility index (Phi) is 5.48. The molecule has 3 rings (SSSR count). The van der Waals surface area contributed by atoms with Crippen molar-refractivity contribution in [3.63, 3.8) is 0 Å². The Balaban J connectivity index is 2.03. The largest absolute Gasteiger partial charge is 0.362 e. The van der Waals surface area contributed by atoms with Crippen molar-refractivity contribution in [3.05, 3.63) is 63.7 Å². The van der Waals surface area contributed by atoms with E-state index in [9.17, 15) is 0 Å². The number of halogens is 1. The van der Waals surface area contributed by atoms with Crippen LogP contribution in [-0.2, 0) is 0 Å². The van der Waals surface area contributed by atoms with Gasteiger partial charge in [-0.3, -0.25) is 4.99 Å². The van der Waals surface area contributed by atoms with Gasteiger partial charge in [0.2, 0.25) is 0 Å². The number of aliphatic imine (C=N–C) groups is 1. The lowest BCUT2D eigenvalue weighted by Crippen LogP contribution is -2.45. The van der Waals surface area contributed by atoms with Gasteiger partial charge >= 0.3 is 0 Å². The van der Waals surface area contributed by atoms with Crippen LogP contribution in [0.25, 0.3) is 5.57 Å². The lowest BCUT2D eigenvalue weighted by atomic mass is 9.88. The van der Waals surface area contributed by atoms with Crippen LogP contribution in [0.5, 0.6) is 0 Å². The van der Waals surface area contributed by atoms with Crippen molar-refractivity contribution < 1.29 is 0 Å². The number of fused-ring (bicyclic) bond motifs is 1. The lowest BCUT2D eigenvalue weighted by Gasteiger charge is -2.43. The molecule has 0 aliphatic carbocycles. The Morgan fingerprint density at radius 1 is 1.11 bits per heavy atom. The van der Waals surface area contributed by atoms with Crippen molar-refractivity contribution in [1.82, 2.24) is 0 Å². The second-order valence-corrected chi connectivity index (χ2v) is 8.48. The number of allylic oxidation sites excluding steroid dienone is 1.